The van der Waals surface area contributed by atoms with Crippen molar-refractivity contribution in [3.05, 3.63) is 156 Å². The average Bonchev–Trinajstić information content (AvgIpc) is 4.34. The molecule has 0 saturated carbocycles. The van der Waals surface area contributed by atoms with Crippen LogP contribution in [0.25, 0.3) is 45.8 Å². The number of hydrogen-bond acceptors (Lipinski definition) is 18. The summed E-state index contributed by atoms with van der Waals surface area (Å²) in [7, 11) is 1.33. The van der Waals surface area contributed by atoms with Crippen LogP contribution in [0, 0.1) is 13.8 Å². The van der Waals surface area contributed by atoms with Crippen molar-refractivity contribution in [3.63, 3.8) is 0 Å². The minimum absolute atomic E-state index is 0.165. The number of rotatable bonds is 20. The van der Waals surface area contributed by atoms with Crippen molar-refractivity contribution in [1.82, 2.24) is 48.3 Å². The highest BCUT2D eigenvalue weighted by molar-refractivity contribution is 7.91. The maximum Gasteiger partial charge on any atom is 0.204 e. The molecular weight excluding hydrogens is 1040 g/mol. The van der Waals surface area contributed by atoms with Crippen LogP contribution >= 0.6 is 0 Å². The average molecular weight is 1100 g/mol. The van der Waals surface area contributed by atoms with Gasteiger partial charge in [0.25, 0.3) is 0 Å². The topological polar surface area (TPSA) is 246 Å². The van der Waals surface area contributed by atoms with Gasteiger partial charge in [0.05, 0.1) is 50.3 Å². The Bertz CT molecular complexity index is 3590. The molecule has 0 bridgehead atoms. The zero-order chi connectivity index (χ0) is 55.5. The van der Waals surface area contributed by atoms with Gasteiger partial charge in [-0.1, -0.05) is 24.3 Å². The first kappa shape index (κ1) is 54.5. The smallest absolute Gasteiger partial charge is 0.204 e. The Balaban J connectivity index is 0.000000190. The number of nitrogens with zero attached hydrogens (tertiary/aromatic N) is 10. The largest absolute Gasteiger partial charge is 0.494 e. The van der Waals surface area contributed by atoms with E-state index in [0.717, 1.165) is 0 Å². The van der Waals surface area contributed by atoms with E-state index in [1.165, 1.54) is 42.7 Å². The molecule has 0 radical (unpaired) electrons. The molecule has 8 heterocycles. The van der Waals surface area contributed by atoms with Gasteiger partial charge in [0.1, 0.15) is 80.9 Å². The van der Waals surface area contributed by atoms with E-state index in [4.69, 9.17) is 37.3 Å². The fourth-order valence-corrected chi connectivity index (χ4v) is 12.0. The molecule has 24 heteroatoms. The van der Waals surface area contributed by atoms with Gasteiger partial charge in [0.2, 0.25) is 11.6 Å². The Morgan fingerprint density at radius 3 is 1.17 bits per heavy atom. The summed E-state index contributed by atoms with van der Waals surface area (Å²) >= 11 is 0. The molecule has 0 unspecified atom stereocenters. The zero-order valence-corrected chi connectivity index (χ0v) is 46.1. The van der Waals surface area contributed by atoms with Crippen LogP contribution in [-0.2, 0) is 40.7 Å². The van der Waals surface area contributed by atoms with Gasteiger partial charge in [-0.05, 0) is 100 Å². The molecule has 0 saturated heterocycles. The molecule has 0 N–H and O–H groups in total. The third-order valence-corrected chi connectivity index (χ3v) is 17.2. The highest BCUT2D eigenvalue weighted by Crippen LogP contribution is 2.40. The lowest BCUT2D eigenvalue weighted by Gasteiger charge is -2.22. The number of pyridine rings is 2. The summed E-state index contributed by atoms with van der Waals surface area (Å²) in [6, 6.07) is 28.8. The van der Waals surface area contributed by atoms with Crippen molar-refractivity contribution in [2.45, 2.75) is 61.9 Å². The molecule has 0 aliphatic heterocycles. The highest BCUT2D eigenvalue weighted by Gasteiger charge is 2.37. The van der Waals surface area contributed by atoms with Gasteiger partial charge in [-0.2, -0.15) is 0 Å². The molecule has 0 amide bonds. The lowest BCUT2D eigenvalue weighted by Crippen LogP contribution is -2.29. The van der Waals surface area contributed by atoms with Gasteiger partial charge in [0, 0.05) is 39.0 Å². The van der Waals surface area contributed by atoms with Crippen molar-refractivity contribution in [2.24, 2.45) is 0 Å². The Morgan fingerprint density at radius 1 is 0.487 bits per heavy atom. The molecule has 78 heavy (non-hydrogen) atoms. The Kier molecular flexibility index (Phi) is 15.9. The summed E-state index contributed by atoms with van der Waals surface area (Å²) in [5.41, 5.74) is 3.33. The van der Waals surface area contributed by atoms with E-state index in [1.54, 1.807) is 96.0 Å². The number of benzene rings is 2. The molecule has 0 aliphatic carbocycles. The summed E-state index contributed by atoms with van der Waals surface area (Å²) in [4.78, 5) is 9.15. The minimum Gasteiger partial charge on any atom is -0.494 e. The van der Waals surface area contributed by atoms with Crippen LogP contribution in [0.15, 0.2) is 131 Å². The van der Waals surface area contributed by atoms with Gasteiger partial charge >= 0.3 is 0 Å². The quantitative estimate of drug-likeness (QED) is 0.0695. The van der Waals surface area contributed by atoms with E-state index < -0.39 is 53.9 Å². The third kappa shape index (κ3) is 10.7. The fraction of sp³-hybridized carbons (Fsp3) is 0.296. The highest BCUT2D eigenvalue weighted by atomic mass is 32.2. The monoisotopic (exact) mass is 1100 g/mol. The number of aryl methyl sites for hydroxylation is 2. The van der Waals surface area contributed by atoms with Crippen molar-refractivity contribution in [1.29, 1.82) is 0 Å². The number of ether oxygens (including phenoxy) is 6. The van der Waals surface area contributed by atoms with Crippen LogP contribution < -0.4 is 18.9 Å². The first-order valence-corrected chi connectivity index (χ1v) is 27.8. The summed E-state index contributed by atoms with van der Waals surface area (Å²) in [6.07, 6.45) is 5.63. The molecule has 4 atom stereocenters. The van der Waals surface area contributed by atoms with E-state index in [0.29, 0.717) is 91.7 Å². The number of para-hydroxylation sites is 2. The number of sulfone groups is 2. The molecular formula is C54H58N10O12S2. The number of imidazole rings is 2. The van der Waals surface area contributed by atoms with Gasteiger partial charge < -0.3 is 46.1 Å². The van der Waals surface area contributed by atoms with Crippen LogP contribution in [0.2, 0.25) is 0 Å². The SMILES string of the molecule is COc1cccc(OC)c1-n1c(CS(=O)(=O)[C@@H](C)[C@H](OC)c2cn3ccccc3n2)nnc1-c1ccc(C)o1.COc1cccc(OC)c1-n1c(CS(=O)(=O)[C@H](C)[C@@H](OC)c2cn3ccccc3n2)nnc1-c1ccc(C)o1. The van der Waals surface area contributed by atoms with Crippen molar-refractivity contribution >= 4 is 31.0 Å². The lowest BCUT2D eigenvalue weighted by molar-refractivity contribution is 0.0990. The number of fused-ring (bicyclic) bond motifs is 2. The number of furan rings is 2. The maximum atomic E-state index is 13.8. The number of aromatic nitrogens is 10. The maximum absolute atomic E-state index is 13.8. The zero-order valence-electron chi connectivity index (χ0n) is 44.5. The standard InChI is InChI=1S/2C27H29N5O6S/c2*1-17-12-13-22(38-17)27-30-29-24(32(27)25-20(35-3)9-8-10-21(25)36-4)16-39(33,34)18(2)26(37-5)19-15-31-14-7-6-11-23(31)28-19/h2*6-15,18,26H,16H2,1-5H3/t2*18-,26-/m10/s1. The van der Waals surface area contributed by atoms with E-state index >= 15 is 0 Å². The first-order chi connectivity index (χ1) is 37.5. The summed E-state index contributed by atoms with van der Waals surface area (Å²) in [6.45, 7) is 6.83. The molecule has 408 valence electrons. The van der Waals surface area contributed by atoms with E-state index in [9.17, 15) is 16.8 Å². The second-order valence-corrected chi connectivity index (χ2v) is 22.7. The molecule has 10 rings (SSSR count). The summed E-state index contributed by atoms with van der Waals surface area (Å²) in [5.74, 6) is 4.06. The summed E-state index contributed by atoms with van der Waals surface area (Å²) in [5, 5.41) is 15.3. The van der Waals surface area contributed by atoms with Crippen molar-refractivity contribution < 1.29 is 54.1 Å². The molecule has 2 aromatic carbocycles. The van der Waals surface area contributed by atoms with Gasteiger partial charge in [-0.3, -0.25) is 9.13 Å². The predicted octanol–water partition coefficient (Wildman–Crippen LogP) is 8.38. The Hall–Kier alpha value is -8.32. The van der Waals surface area contributed by atoms with Gasteiger partial charge in [-0.25, -0.2) is 26.8 Å². The van der Waals surface area contributed by atoms with Crippen LogP contribution in [0.3, 0.4) is 0 Å². The van der Waals surface area contributed by atoms with Crippen molar-refractivity contribution in [3.8, 4) is 57.5 Å². The second kappa shape index (κ2) is 22.7. The van der Waals surface area contributed by atoms with Crippen molar-refractivity contribution in [2.75, 3.05) is 42.7 Å². The Morgan fingerprint density at radius 2 is 0.859 bits per heavy atom. The van der Waals surface area contributed by atoms with Crippen LogP contribution in [0.1, 0.15) is 60.6 Å². The number of methoxy groups -OCH3 is 6. The number of hydrogen-bond donors (Lipinski definition) is 0. The molecule has 8 aromatic heterocycles. The Labute approximate surface area is 450 Å². The van der Waals surface area contributed by atoms with E-state index in [1.807, 2.05) is 71.4 Å². The predicted molar refractivity (Wildman–Crippen MR) is 288 cm³/mol. The molecule has 22 nitrogen and oxygen atoms in total. The first-order valence-electron chi connectivity index (χ1n) is 24.3. The van der Waals surface area contributed by atoms with Crippen LogP contribution in [0.4, 0.5) is 0 Å². The van der Waals surface area contributed by atoms with E-state index in [2.05, 4.69) is 30.4 Å². The van der Waals surface area contributed by atoms with Gasteiger partial charge in [-0.15, -0.1) is 20.4 Å². The second-order valence-electron chi connectivity index (χ2n) is 18.0. The molecule has 10 aromatic rings. The van der Waals surface area contributed by atoms with Gasteiger partial charge in [0.15, 0.2) is 42.8 Å². The molecule has 0 spiro atoms. The van der Waals surface area contributed by atoms with Crippen LogP contribution in [0.5, 0.6) is 23.0 Å². The minimum atomic E-state index is -3.85. The van der Waals surface area contributed by atoms with E-state index in [-0.39, 0.29) is 11.6 Å². The lowest BCUT2D eigenvalue weighted by atomic mass is 10.2. The fourth-order valence-electron chi connectivity index (χ4n) is 9.11. The third-order valence-electron chi connectivity index (χ3n) is 13.1. The normalized spacial score (nSPS) is 13.5. The van der Waals surface area contributed by atoms with Crippen LogP contribution in [-0.4, -0.2) is 118 Å². The molecule has 0 fully saturated rings. The molecule has 0 aliphatic rings. The summed E-state index contributed by atoms with van der Waals surface area (Å²) < 4.78 is 108.